The number of piperazine rings is 1. The summed E-state index contributed by atoms with van der Waals surface area (Å²) in [5.41, 5.74) is 0. The molecule has 1 N–H and O–H groups in total. The summed E-state index contributed by atoms with van der Waals surface area (Å²) in [6, 6.07) is 1.53. The molecule has 0 radical (unpaired) electrons. The van der Waals surface area contributed by atoms with E-state index in [1.165, 1.54) is 4.90 Å². The second-order valence-corrected chi connectivity index (χ2v) is 3.76. The standard InChI is InChI=1S/C10H14N4O2/c1-8-10(16)14(9(15)7-11-8)6-5-13-4-2-3-12-13/h2-4,8,11H,5-7H2,1H3. The maximum Gasteiger partial charge on any atom is 0.246 e. The minimum atomic E-state index is -0.282. The first kappa shape index (κ1) is 10.8. The Hall–Kier alpha value is -1.69. The Bertz CT molecular complexity index is 388. The number of imide groups is 1. The van der Waals surface area contributed by atoms with Crippen LogP contribution in [0.2, 0.25) is 0 Å². The fourth-order valence-electron chi connectivity index (χ4n) is 1.65. The lowest BCUT2D eigenvalue weighted by atomic mass is 10.2. The topological polar surface area (TPSA) is 67.2 Å². The Morgan fingerprint density at radius 2 is 2.31 bits per heavy atom. The molecule has 2 rings (SSSR count). The van der Waals surface area contributed by atoms with Crippen molar-refractivity contribution < 1.29 is 9.59 Å². The summed E-state index contributed by atoms with van der Waals surface area (Å²) in [6.45, 7) is 2.91. The molecule has 1 aromatic rings. The molecule has 1 atom stereocenters. The zero-order valence-electron chi connectivity index (χ0n) is 9.09. The van der Waals surface area contributed by atoms with Gasteiger partial charge in [0, 0.05) is 18.9 Å². The highest BCUT2D eigenvalue weighted by Gasteiger charge is 2.30. The van der Waals surface area contributed by atoms with Gasteiger partial charge in [-0.25, -0.2) is 0 Å². The van der Waals surface area contributed by atoms with Gasteiger partial charge in [-0.05, 0) is 13.0 Å². The van der Waals surface area contributed by atoms with E-state index < -0.39 is 0 Å². The van der Waals surface area contributed by atoms with Crippen LogP contribution in [0.5, 0.6) is 0 Å². The first-order valence-electron chi connectivity index (χ1n) is 5.23. The molecular weight excluding hydrogens is 208 g/mol. The van der Waals surface area contributed by atoms with E-state index >= 15 is 0 Å². The van der Waals surface area contributed by atoms with Crippen molar-refractivity contribution in [2.45, 2.75) is 19.5 Å². The quantitative estimate of drug-likeness (QED) is 0.682. The van der Waals surface area contributed by atoms with Crippen molar-refractivity contribution in [1.82, 2.24) is 20.0 Å². The largest absolute Gasteiger partial charge is 0.298 e. The van der Waals surface area contributed by atoms with Crippen LogP contribution >= 0.6 is 0 Å². The van der Waals surface area contributed by atoms with Gasteiger partial charge in [0.1, 0.15) is 0 Å². The number of carbonyl (C=O) groups excluding carboxylic acids is 2. The predicted octanol–water partition coefficient (Wildman–Crippen LogP) is -0.770. The molecule has 0 aliphatic carbocycles. The van der Waals surface area contributed by atoms with Gasteiger partial charge in [-0.1, -0.05) is 0 Å². The molecule has 6 heteroatoms. The second-order valence-electron chi connectivity index (χ2n) is 3.76. The van der Waals surface area contributed by atoms with Gasteiger partial charge in [0.2, 0.25) is 11.8 Å². The minimum absolute atomic E-state index is 0.164. The Balaban J connectivity index is 1.97. The molecule has 0 saturated carbocycles. The van der Waals surface area contributed by atoms with Crippen LogP contribution in [-0.4, -0.2) is 45.6 Å². The number of aromatic nitrogens is 2. The third-order valence-electron chi connectivity index (χ3n) is 2.61. The molecule has 1 saturated heterocycles. The highest BCUT2D eigenvalue weighted by Crippen LogP contribution is 2.02. The summed E-state index contributed by atoms with van der Waals surface area (Å²) in [7, 11) is 0. The summed E-state index contributed by atoms with van der Waals surface area (Å²) in [4.78, 5) is 24.5. The van der Waals surface area contributed by atoms with Crippen LogP contribution in [0.3, 0.4) is 0 Å². The van der Waals surface area contributed by atoms with Gasteiger partial charge in [-0.3, -0.25) is 24.5 Å². The Kier molecular flexibility index (Phi) is 3.00. The first-order chi connectivity index (χ1) is 7.68. The molecule has 2 amide bonds. The summed E-state index contributed by atoms with van der Waals surface area (Å²) in [6.07, 6.45) is 3.48. The van der Waals surface area contributed by atoms with Gasteiger partial charge >= 0.3 is 0 Å². The van der Waals surface area contributed by atoms with E-state index in [9.17, 15) is 9.59 Å². The van der Waals surface area contributed by atoms with Crippen LogP contribution in [0, 0.1) is 0 Å². The molecule has 0 bridgehead atoms. The van der Waals surface area contributed by atoms with Crippen molar-refractivity contribution in [2.24, 2.45) is 0 Å². The second kappa shape index (κ2) is 4.44. The number of amides is 2. The number of rotatable bonds is 3. The van der Waals surface area contributed by atoms with E-state index in [2.05, 4.69) is 10.4 Å². The van der Waals surface area contributed by atoms with Crippen molar-refractivity contribution in [3.05, 3.63) is 18.5 Å². The van der Waals surface area contributed by atoms with Gasteiger partial charge in [0.25, 0.3) is 0 Å². The Morgan fingerprint density at radius 3 is 3.00 bits per heavy atom. The van der Waals surface area contributed by atoms with Crippen LogP contribution < -0.4 is 5.32 Å². The lowest BCUT2D eigenvalue weighted by Gasteiger charge is -2.29. The van der Waals surface area contributed by atoms with E-state index in [4.69, 9.17) is 0 Å². The number of nitrogens with one attached hydrogen (secondary N) is 1. The summed E-state index contributed by atoms with van der Waals surface area (Å²) < 4.78 is 1.70. The molecule has 6 nitrogen and oxygen atoms in total. The van der Waals surface area contributed by atoms with Crippen molar-refractivity contribution in [3.8, 4) is 0 Å². The molecule has 86 valence electrons. The van der Waals surface area contributed by atoms with E-state index in [-0.39, 0.29) is 24.4 Å². The molecule has 0 aromatic carbocycles. The van der Waals surface area contributed by atoms with Crippen LogP contribution in [-0.2, 0) is 16.1 Å². The molecule has 1 aliphatic heterocycles. The van der Waals surface area contributed by atoms with E-state index in [0.717, 1.165) is 0 Å². The highest BCUT2D eigenvalue weighted by atomic mass is 16.2. The van der Waals surface area contributed by atoms with E-state index in [1.807, 2.05) is 6.07 Å². The zero-order valence-corrected chi connectivity index (χ0v) is 9.09. The van der Waals surface area contributed by atoms with Gasteiger partial charge in [0.15, 0.2) is 0 Å². The third kappa shape index (κ3) is 2.11. The van der Waals surface area contributed by atoms with Gasteiger partial charge in [-0.2, -0.15) is 5.10 Å². The highest BCUT2D eigenvalue weighted by molar-refractivity contribution is 6.00. The fourth-order valence-corrected chi connectivity index (χ4v) is 1.65. The zero-order chi connectivity index (χ0) is 11.5. The van der Waals surface area contributed by atoms with Crippen molar-refractivity contribution in [2.75, 3.05) is 13.1 Å². The Morgan fingerprint density at radius 1 is 1.50 bits per heavy atom. The van der Waals surface area contributed by atoms with Crippen molar-refractivity contribution in [3.63, 3.8) is 0 Å². The molecule has 1 aliphatic rings. The third-order valence-corrected chi connectivity index (χ3v) is 2.61. The van der Waals surface area contributed by atoms with E-state index in [1.54, 1.807) is 24.0 Å². The average molecular weight is 222 g/mol. The molecule has 1 fully saturated rings. The van der Waals surface area contributed by atoms with Crippen LogP contribution in [0.4, 0.5) is 0 Å². The van der Waals surface area contributed by atoms with E-state index in [0.29, 0.717) is 13.1 Å². The summed E-state index contributed by atoms with van der Waals surface area (Å²) in [5, 5.41) is 6.86. The van der Waals surface area contributed by atoms with Gasteiger partial charge in [0.05, 0.1) is 19.1 Å². The molecule has 1 aromatic heterocycles. The van der Waals surface area contributed by atoms with Crippen LogP contribution in [0.1, 0.15) is 6.92 Å². The van der Waals surface area contributed by atoms with Crippen molar-refractivity contribution in [1.29, 1.82) is 0 Å². The molecular formula is C10H14N4O2. The number of carbonyl (C=O) groups is 2. The smallest absolute Gasteiger partial charge is 0.246 e. The predicted molar refractivity (Wildman–Crippen MR) is 56.4 cm³/mol. The number of hydrogen-bond donors (Lipinski definition) is 1. The first-order valence-corrected chi connectivity index (χ1v) is 5.23. The Labute approximate surface area is 93.2 Å². The van der Waals surface area contributed by atoms with Crippen LogP contribution in [0.15, 0.2) is 18.5 Å². The van der Waals surface area contributed by atoms with Gasteiger partial charge < -0.3 is 0 Å². The average Bonchev–Trinajstić information content (AvgIpc) is 2.77. The summed E-state index contributed by atoms with van der Waals surface area (Å²) >= 11 is 0. The molecule has 16 heavy (non-hydrogen) atoms. The summed E-state index contributed by atoms with van der Waals surface area (Å²) in [5.74, 6) is -0.335. The minimum Gasteiger partial charge on any atom is -0.298 e. The monoisotopic (exact) mass is 222 g/mol. The molecule has 1 unspecified atom stereocenters. The molecule has 0 spiro atoms. The normalized spacial score (nSPS) is 21.6. The van der Waals surface area contributed by atoms with Gasteiger partial charge in [-0.15, -0.1) is 0 Å². The lowest BCUT2D eigenvalue weighted by molar-refractivity contribution is -0.149. The maximum atomic E-state index is 11.7. The SMILES string of the molecule is CC1NCC(=O)N(CCn2cccn2)C1=O. The lowest BCUT2D eigenvalue weighted by Crippen LogP contribution is -2.57. The number of hydrogen-bond acceptors (Lipinski definition) is 4. The van der Waals surface area contributed by atoms with Crippen molar-refractivity contribution >= 4 is 11.8 Å². The number of nitrogens with zero attached hydrogens (tertiary/aromatic N) is 3. The van der Waals surface area contributed by atoms with Crippen LogP contribution in [0.25, 0.3) is 0 Å². The fraction of sp³-hybridized carbons (Fsp3) is 0.500. The molecule has 2 heterocycles. The maximum absolute atomic E-state index is 11.7.